The highest BCUT2D eigenvalue weighted by Crippen LogP contribution is 1.94. The summed E-state index contributed by atoms with van der Waals surface area (Å²) in [6.07, 6.45) is 2.38. The minimum atomic E-state index is -0.677. The fraction of sp³-hybridized carbons (Fsp3) is 0.857. The molecule has 0 atom stereocenters. The third-order valence-corrected chi connectivity index (χ3v) is 1.17. The van der Waals surface area contributed by atoms with E-state index in [4.69, 9.17) is 5.73 Å². The Hall–Kier alpha value is -0.770. The zero-order valence-electron chi connectivity index (χ0n) is 6.84. The monoisotopic (exact) mass is 161 g/mol. The molecule has 0 amide bonds. The van der Waals surface area contributed by atoms with Crippen molar-refractivity contribution in [3.63, 3.8) is 0 Å². The van der Waals surface area contributed by atoms with E-state index in [-0.39, 0.29) is 6.73 Å². The summed E-state index contributed by atoms with van der Waals surface area (Å²) in [6, 6.07) is 0. The average Bonchev–Trinajstić information content (AvgIpc) is 1.99. The second-order valence-corrected chi connectivity index (χ2v) is 2.12. The lowest BCUT2D eigenvalue weighted by atomic mass is 10.3. The van der Waals surface area contributed by atoms with E-state index in [1.54, 1.807) is 0 Å². The van der Waals surface area contributed by atoms with Gasteiger partial charge in [0, 0.05) is 0 Å². The molecule has 0 aliphatic rings. The molecule has 0 spiro atoms. The Labute approximate surface area is 66.7 Å². The van der Waals surface area contributed by atoms with Crippen molar-refractivity contribution in [2.45, 2.75) is 26.2 Å². The van der Waals surface area contributed by atoms with Gasteiger partial charge in [0.05, 0.1) is 6.61 Å². The van der Waals surface area contributed by atoms with Crippen molar-refractivity contribution in [2.75, 3.05) is 13.3 Å². The molecule has 0 aromatic carbocycles. The van der Waals surface area contributed by atoms with Gasteiger partial charge >= 0.3 is 6.16 Å². The summed E-state index contributed by atoms with van der Waals surface area (Å²) in [5, 5.41) is 0. The summed E-state index contributed by atoms with van der Waals surface area (Å²) in [5.74, 6) is 0. The smallest absolute Gasteiger partial charge is 0.434 e. The van der Waals surface area contributed by atoms with Crippen LogP contribution in [0.3, 0.4) is 0 Å². The number of hydrogen-bond acceptors (Lipinski definition) is 4. The van der Waals surface area contributed by atoms with Gasteiger partial charge in [-0.1, -0.05) is 19.8 Å². The molecule has 0 aromatic rings. The minimum absolute atomic E-state index is 0.118. The molecule has 11 heavy (non-hydrogen) atoms. The van der Waals surface area contributed by atoms with Gasteiger partial charge in [0.15, 0.2) is 0 Å². The average molecular weight is 161 g/mol. The molecule has 0 aliphatic carbocycles. The van der Waals surface area contributed by atoms with Gasteiger partial charge in [0.25, 0.3) is 0 Å². The minimum Gasteiger partial charge on any atom is -0.434 e. The highest BCUT2D eigenvalue weighted by molar-refractivity contribution is 5.59. The van der Waals surface area contributed by atoms with Crippen LogP contribution >= 0.6 is 0 Å². The standard InChI is InChI=1S/C7H15NO3/c1-2-3-4-5-10-7(9)11-6-8/h2-6,8H2,1H3. The van der Waals surface area contributed by atoms with Crippen molar-refractivity contribution in [3.8, 4) is 0 Å². The highest BCUT2D eigenvalue weighted by atomic mass is 16.7. The number of unbranched alkanes of at least 4 members (excludes halogenated alkanes) is 2. The topological polar surface area (TPSA) is 61.5 Å². The van der Waals surface area contributed by atoms with Crippen molar-refractivity contribution in [1.29, 1.82) is 0 Å². The van der Waals surface area contributed by atoms with Crippen molar-refractivity contribution < 1.29 is 14.3 Å². The summed E-state index contributed by atoms with van der Waals surface area (Å²) in [7, 11) is 0. The summed E-state index contributed by atoms with van der Waals surface area (Å²) in [4.78, 5) is 10.5. The Morgan fingerprint density at radius 1 is 1.36 bits per heavy atom. The molecule has 2 N–H and O–H groups in total. The van der Waals surface area contributed by atoms with E-state index >= 15 is 0 Å². The van der Waals surface area contributed by atoms with Gasteiger partial charge in [0.2, 0.25) is 0 Å². The molecule has 0 saturated carbocycles. The Morgan fingerprint density at radius 2 is 2.09 bits per heavy atom. The van der Waals surface area contributed by atoms with E-state index in [9.17, 15) is 4.79 Å². The van der Waals surface area contributed by atoms with Crippen LogP contribution in [0.4, 0.5) is 4.79 Å². The quantitative estimate of drug-likeness (QED) is 0.374. The molecule has 0 fully saturated rings. The summed E-state index contributed by atoms with van der Waals surface area (Å²) >= 11 is 0. The Balaban J connectivity index is 3.04. The summed E-state index contributed by atoms with van der Waals surface area (Å²) < 4.78 is 8.98. The van der Waals surface area contributed by atoms with E-state index in [0.29, 0.717) is 6.61 Å². The SMILES string of the molecule is CCCCCOC(=O)OCN. The number of nitrogens with two attached hydrogens (primary N) is 1. The van der Waals surface area contributed by atoms with E-state index in [2.05, 4.69) is 16.4 Å². The molecular formula is C7H15NO3. The lowest BCUT2D eigenvalue weighted by Crippen LogP contribution is -2.13. The maximum absolute atomic E-state index is 10.5. The molecule has 0 heterocycles. The highest BCUT2D eigenvalue weighted by Gasteiger charge is 1.99. The van der Waals surface area contributed by atoms with Crippen molar-refractivity contribution >= 4 is 6.16 Å². The van der Waals surface area contributed by atoms with Crippen molar-refractivity contribution in [2.24, 2.45) is 5.73 Å². The molecular weight excluding hydrogens is 146 g/mol. The van der Waals surface area contributed by atoms with Gasteiger partial charge < -0.3 is 9.47 Å². The van der Waals surface area contributed by atoms with Crippen LogP contribution in [-0.2, 0) is 9.47 Å². The van der Waals surface area contributed by atoms with Gasteiger partial charge in [-0.2, -0.15) is 0 Å². The van der Waals surface area contributed by atoms with Crippen molar-refractivity contribution in [3.05, 3.63) is 0 Å². The first-order valence-electron chi connectivity index (χ1n) is 3.81. The summed E-state index contributed by atoms with van der Waals surface area (Å²) in [5.41, 5.74) is 4.94. The van der Waals surface area contributed by atoms with Crippen molar-refractivity contribution in [1.82, 2.24) is 0 Å². The van der Waals surface area contributed by atoms with Gasteiger partial charge in [-0.15, -0.1) is 0 Å². The molecule has 0 rings (SSSR count). The van der Waals surface area contributed by atoms with Crippen LogP contribution in [0.1, 0.15) is 26.2 Å². The van der Waals surface area contributed by atoms with E-state index in [1.807, 2.05) is 0 Å². The fourth-order valence-corrected chi connectivity index (χ4v) is 0.617. The third-order valence-electron chi connectivity index (χ3n) is 1.17. The summed E-state index contributed by atoms with van der Waals surface area (Å²) in [6.45, 7) is 2.39. The Kier molecular flexibility index (Phi) is 6.82. The first-order valence-corrected chi connectivity index (χ1v) is 3.81. The van der Waals surface area contributed by atoms with Crippen LogP contribution in [-0.4, -0.2) is 19.5 Å². The number of hydrogen-bond donors (Lipinski definition) is 1. The molecule has 4 heteroatoms. The van der Waals surface area contributed by atoms with E-state index < -0.39 is 6.16 Å². The molecule has 0 aromatic heterocycles. The van der Waals surface area contributed by atoms with Crippen LogP contribution in [0.15, 0.2) is 0 Å². The van der Waals surface area contributed by atoms with Gasteiger partial charge in [-0.3, -0.25) is 5.73 Å². The van der Waals surface area contributed by atoms with Crippen LogP contribution in [0.25, 0.3) is 0 Å². The molecule has 0 aliphatic heterocycles. The molecule has 0 unspecified atom stereocenters. The maximum atomic E-state index is 10.5. The van der Waals surface area contributed by atoms with Gasteiger partial charge in [-0.25, -0.2) is 4.79 Å². The Morgan fingerprint density at radius 3 is 2.64 bits per heavy atom. The second-order valence-electron chi connectivity index (χ2n) is 2.12. The molecule has 0 radical (unpaired) electrons. The predicted molar refractivity (Wildman–Crippen MR) is 41.0 cm³/mol. The van der Waals surface area contributed by atoms with E-state index in [1.165, 1.54) is 0 Å². The van der Waals surface area contributed by atoms with E-state index in [0.717, 1.165) is 19.3 Å². The maximum Gasteiger partial charge on any atom is 0.509 e. The third kappa shape index (κ3) is 7.12. The van der Waals surface area contributed by atoms with Crippen LogP contribution in [0, 0.1) is 0 Å². The first kappa shape index (κ1) is 10.2. The van der Waals surface area contributed by atoms with Crippen LogP contribution in [0.2, 0.25) is 0 Å². The lowest BCUT2D eigenvalue weighted by Gasteiger charge is -2.02. The Bertz CT molecular complexity index is 106. The fourth-order valence-electron chi connectivity index (χ4n) is 0.617. The van der Waals surface area contributed by atoms with Crippen LogP contribution in [0.5, 0.6) is 0 Å². The normalized spacial score (nSPS) is 9.27. The number of carbonyl (C=O) groups excluding carboxylic acids is 1. The second kappa shape index (κ2) is 7.34. The first-order chi connectivity index (χ1) is 5.31. The molecule has 0 bridgehead atoms. The lowest BCUT2D eigenvalue weighted by molar-refractivity contribution is 0.0560. The predicted octanol–water partition coefficient (Wildman–Crippen LogP) is 1.25. The molecule has 0 saturated heterocycles. The number of ether oxygens (including phenoxy) is 2. The number of carbonyl (C=O) groups is 1. The zero-order chi connectivity index (χ0) is 8.53. The molecule has 4 nitrogen and oxygen atoms in total. The number of rotatable bonds is 5. The van der Waals surface area contributed by atoms with Crippen LogP contribution < -0.4 is 5.73 Å². The van der Waals surface area contributed by atoms with Gasteiger partial charge in [-0.05, 0) is 6.42 Å². The zero-order valence-corrected chi connectivity index (χ0v) is 6.84. The van der Waals surface area contributed by atoms with Gasteiger partial charge in [0.1, 0.15) is 6.73 Å². The largest absolute Gasteiger partial charge is 0.509 e. The molecule has 66 valence electrons.